The van der Waals surface area contributed by atoms with Gasteiger partial charge in [0.25, 0.3) is 15.9 Å². The molecule has 3 aromatic rings. The Balaban J connectivity index is 2.25. The Morgan fingerprint density at radius 2 is 1.42 bits per heavy atom. The van der Waals surface area contributed by atoms with Crippen LogP contribution in [0.5, 0.6) is 11.5 Å². The second-order valence-electron chi connectivity index (χ2n) is 7.21. The molecule has 0 spiro atoms. The zero-order valence-corrected chi connectivity index (χ0v) is 19.0. The molecule has 6 nitrogen and oxygen atoms in total. The van der Waals surface area contributed by atoms with Gasteiger partial charge >= 0.3 is 0 Å². The van der Waals surface area contributed by atoms with Crippen LogP contribution < -0.4 is 13.8 Å². The van der Waals surface area contributed by atoms with Crippen molar-refractivity contribution in [1.82, 2.24) is 0 Å². The van der Waals surface area contributed by atoms with Gasteiger partial charge < -0.3 is 9.47 Å². The summed E-state index contributed by atoms with van der Waals surface area (Å²) in [4.78, 5) is 13.7. The lowest BCUT2D eigenvalue weighted by Crippen LogP contribution is -2.37. The van der Waals surface area contributed by atoms with Gasteiger partial charge in [-0.25, -0.2) is 8.42 Å². The number of hydrogen-bond donors (Lipinski definition) is 0. The SMILES string of the molecule is COc1cc(OC)cc(C(=O)N(c2cccc(C)c2C)S(=O)(=O)c2ccc(C)cc2)c1. The molecule has 0 aliphatic carbocycles. The monoisotopic (exact) mass is 439 g/mol. The Morgan fingerprint density at radius 3 is 1.97 bits per heavy atom. The number of aryl methyl sites for hydroxylation is 2. The fourth-order valence-corrected chi connectivity index (χ4v) is 4.64. The van der Waals surface area contributed by atoms with Crippen LogP contribution >= 0.6 is 0 Å². The van der Waals surface area contributed by atoms with E-state index in [1.165, 1.54) is 38.5 Å². The summed E-state index contributed by atoms with van der Waals surface area (Å²) >= 11 is 0. The van der Waals surface area contributed by atoms with Crippen molar-refractivity contribution in [3.05, 3.63) is 82.9 Å². The van der Waals surface area contributed by atoms with Crippen LogP contribution in [0.3, 0.4) is 0 Å². The number of sulfonamides is 1. The molecule has 7 heteroatoms. The summed E-state index contributed by atoms with van der Waals surface area (Å²) < 4.78 is 38.7. The maximum absolute atomic E-state index is 13.7. The first-order valence-electron chi connectivity index (χ1n) is 9.64. The maximum atomic E-state index is 13.7. The number of anilines is 1. The van der Waals surface area contributed by atoms with Crippen molar-refractivity contribution < 1.29 is 22.7 Å². The zero-order chi connectivity index (χ0) is 22.8. The minimum absolute atomic E-state index is 0.0298. The summed E-state index contributed by atoms with van der Waals surface area (Å²) in [6.45, 7) is 5.53. The normalized spacial score (nSPS) is 11.1. The quantitative estimate of drug-likeness (QED) is 0.558. The average molecular weight is 440 g/mol. The molecule has 0 aliphatic heterocycles. The number of carbonyl (C=O) groups is 1. The van der Waals surface area contributed by atoms with E-state index >= 15 is 0 Å². The van der Waals surface area contributed by atoms with E-state index in [4.69, 9.17) is 9.47 Å². The molecule has 0 radical (unpaired) electrons. The molecular weight excluding hydrogens is 414 g/mol. The van der Waals surface area contributed by atoms with Crippen LogP contribution in [0.15, 0.2) is 65.6 Å². The van der Waals surface area contributed by atoms with Crippen molar-refractivity contribution in [3.8, 4) is 11.5 Å². The van der Waals surface area contributed by atoms with Crippen LogP contribution in [-0.2, 0) is 10.0 Å². The smallest absolute Gasteiger partial charge is 0.272 e. The highest BCUT2D eigenvalue weighted by Crippen LogP contribution is 2.32. The van der Waals surface area contributed by atoms with Crippen LogP contribution in [-0.4, -0.2) is 28.5 Å². The van der Waals surface area contributed by atoms with Gasteiger partial charge in [-0.05, 0) is 62.2 Å². The average Bonchev–Trinajstić information content (AvgIpc) is 2.76. The van der Waals surface area contributed by atoms with Crippen molar-refractivity contribution in [3.63, 3.8) is 0 Å². The molecule has 31 heavy (non-hydrogen) atoms. The van der Waals surface area contributed by atoms with Crippen LogP contribution in [0.25, 0.3) is 0 Å². The topological polar surface area (TPSA) is 72.9 Å². The van der Waals surface area contributed by atoms with Crippen molar-refractivity contribution in [1.29, 1.82) is 0 Å². The highest BCUT2D eigenvalue weighted by Gasteiger charge is 2.33. The molecule has 3 rings (SSSR count). The number of hydrogen-bond acceptors (Lipinski definition) is 5. The molecule has 0 bridgehead atoms. The lowest BCUT2D eigenvalue weighted by atomic mass is 10.1. The third-order valence-corrected chi connectivity index (χ3v) is 6.85. The molecule has 0 saturated carbocycles. The Bertz CT molecular complexity index is 1190. The number of benzene rings is 3. The Kier molecular flexibility index (Phi) is 6.36. The summed E-state index contributed by atoms with van der Waals surface area (Å²) in [5.41, 5.74) is 2.92. The van der Waals surface area contributed by atoms with E-state index in [0.29, 0.717) is 22.7 Å². The van der Waals surface area contributed by atoms with Gasteiger partial charge in [-0.1, -0.05) is 29.8 Å². The van der Waals surface area contributed by atoms with E-state index in [1.807, 2.05) is 19.9 Å². The van der Waals surface area contributed by atoms with Gasteiger partial charge in [-0.3, -0.25) is 4.79 Å². The van der Waals surface area contributed by atoms with Gasteiger partial charge in [0, 0.05) is 11.6 Å². The summed E-state index contributed by atoms with van der Waals surface area (Å²) in [5, 5.41) is 0. The molecule has 0 aromatic heterocycles. The standard InChI is InChI=1S/C24H25NO5S/c1-16-9-11-22(12-10-16)31(27,28)25(23-8-6-7-17(2)18(23)3)24(26)19-13-20(29-4)15-21(14-19)30-5/h6-15H,1-5H3. The lowest BCUT2D eigenvalue weighted by Gasteiger charge is -2.25. The molecule has 162 valence electrons. The fourth-order valence-electron chi connectivity index (χ4n) is 3.17. The number of amides is 1. The van der Waals surface area contributed by atoms with E-state index in [2.05, 4.69) is 0 Å². The molecule has 0 heterocycles. The third-order valence-electron chi connectivity index (χ3n) is 5.14. The first-order chi connectivity index (χ1) is 14.7. The number of carbonyl (C=O) groups excluding carboxylic acids is 1. The summed E-state index contributed by atoms with van der Waals surface area (Å²) in [5.74, 6) is 0.0687. The molecule has 1 amide bonds. The molecule has 0 unspecified atom stereocenters. The van der Waals surface area contributed by atoms with Gasteiger partial charge in [0.15, 0.2) is 0 Å². The highest BCUT2D eigenvalue weighted by atomic mass is 32.2. The van der Waals surface area contributed by atoms with E-state index in [1.54, 1.807) is 37.3 Å². The second-order valence-corrected chi connectivity index (χ2v) is 8.99. The van der Waals surface area contributed by atoms with Crippen molar-refractivity contribution in [2.45, 2.75) is 25.7 Å². The van der Waals surface area contributed by atoms with Crippen molar-refractivity contribution >= 4 is 21.6 Å². The number of ether oxygens (including phenoxy) is 2. The predicted octanol–water partition coefficient (Wildman–Crippen LogP) is 4.66. The summed E-state index contributed by atoms with van der Waals surface area (Å²) in [6, 6.07) is 16.2. The molecule has 0 fully saturated rings. The highest BCUT2D eigenvalue weighted by molar-refractivity contribution is 7.93. The lowest BCUT2D eigenvalue weighted by molar-refractivity contribution is 0.100. The second kappa shape index (κ2) is 8.81. The number of nitrogens with zero attached hydrogens (tertiary/aromatic N) is 1. The Labute approximate surface area is 183 Å². The van der Waals surface area contributed by atoms with E-state index in [0.717, 1.165) is 15.4 Å². The molecule has 0 aliphatic rings. The third kappa shape index (κ3) is 4.41. The van der Waals surface area contributed by atoms with Crippen LogP contribution in [0.1, 0.15) is 27.0 Å². The van der Waals surface area contributed by atoms with E-state index in [-0.39, 0.29) is 10.5 Å². The van der Waals surface area contributed by atoms with Crippen LogP contribution in [0, 0.1) is 20.8 Å². The number of rotatable bonds is 6. The zero-order valence-electron chi connectivity index (χ0n) is 18.2. The van der Waals surface area contributed by atoms with E-state index in [9.17, 15) is 13.2 Å². The number of methoxy groups -OCH3 is 2. The first-order valence-corrected chi connectivity index (χ1v) is 11.1. The van der Waals surface area contributed by atoms with Crippen molar-refractivity contribution in [2.75, 3.05) is 18.5 Å². The molecule has 3 aromatic carbocycles. The largest absolute Gasteiger partial charge is 0.497 e. The van der Waals surface area contributed by atoms with Crippen molar-refractivity contribution in [2.24, 2.45) is 0 Å². The first kappa shape index (κ1) is 22.4. The summed E-state index contributed by atoms with van der Waals surface area (Å²) in [7, 11) is -1.26. The van der Waals surface area contributed by atoms with Crippen LogP contribution in [0.4, 0.5) is 5.69 Å². The summed E-state index contributed by atoms with van der Waals surface area (Å²) in [6.07, 6.45) is 0. The fraction of sp³-hybridized carbons (Fsp3) is 0.208. The van der Waals surface area contributed by atoms with E-state index < -0.39 is 15.9 Å². The molecule has 0 atom stereocenters. The predicted molar refractivity (Wildman–Crippen MR) is 121 cm³/mol. The minimum Gasteiger partial charge on any atom is -0.497 e. The van der Waals surface area contributed by atoms with Gasteiger partial charge in [-0.15, -0.1) is 0 Å². The van der Waals surface area contributed by atoms with Crippen LogP contribution in [0.2, 0.25) is 0 Å². The van der Waals surface area contributed by atoms with Gasteiger partial charge in [0.05, 0.1) is 24.8 Å². The molecule has 0 N–H and O–H groups in total. The molecular formula is C24H25NO5S. The van der Waals surface area contributed by atoms with Gasteiger partial charge in [0.1, 0.15) is 11.5 Å². The maximum Gasteiger partial charge on any atom is 0.272 e. The Hall–Kier alpha value is -3.32. The van der Waals surface area contributed by atoms with Gasteiger partial charge in [-0.2, -0.15) is 4.31 Å². The van der Waals surface area contributed by atoms with Gasteiger partial charge in [0.2, 0.25) is 0 Å². The minimum atomic E-state index is -4.19. The Morgan fingerprint density at radius 1 is 0.839 bits per heavy atom. The molecule has 0 saturated heterocycles.